The molecular formula is C28H26FN3O4. The van der Waals surface area contributed by atoms with Crippen LogP contribution in [-0.4, -0.2) is 34.3 Å². The summed E-state index contributed by atoms with van der Waals surface area (Å²) in [4.78, 5) is 32.5. The Morgan fingerprint density at radius 2 is 1.58 bits per heavy atom. The van der Waals surface area contributed by atoms with Crippen LogP contribution in [0.1, 0.15) is 16.8 Å². The Hall–Kier alpha value is -4.30. The van der Waals surface area contributed by atoms with E-state index in [0.717, 1.165) is 11.1 Å². The molecule has 0 fully saturated rings. The van der Waals surface area contributed by atoms with Crippen LogP contribution in [0.4, 0.5) is 4.39 Å². The van der Waals surface area contributed by atoms with Gasteiger partial charge in [-0.3, -0.25) is 9.59 Å². The molecule has 2 N–H and O–H groups in total. The van der Waals surface area contributed by atoms with Crippen LogP contribution in [0.15, 0.2) is 91.4 Å². The van der Waals surface area contributed by atoms with Crippen molar-refractivity contribution in [3.63, 3.8) is 0 Å². The largest absolute Gasteiger partial charge is 0.457 e. The number of benzene rings is 3. The average Bonchev–Trinajstić information content (AvgIpc) is 3.39. The van der Waals surface area contributed by atoms with E-state index < -0.39 is 6.04 Å². The molecule has 7 nitrogen and oxygen atoms in total. The number of nitrogens with zero attached hydrogens (tertiary/aromatic N) is 1. The van der Waals surface area contributed by atoms with Gasteiger partial charge in [0.15, 0.2) is 5.78 Å². The second-order valence-electron chi connectivity index (χ2n) is 8.22. The maximum atomic E-state index is 13.1. The molecule has 0 saturated heterocycles. The molecule has 0 spiro atoms. The first-order chi connectivity index (χ1) is 17.5. The lowest BCUT2D eigenvalue weighted by Crippen LogP contribution is -2.45. The van der Waals surface area contributed by atoms with Crippen molar-refractivity contribution < 1.29 is 23.5 Å². The molecule has 0 unspecified atom stereocenters. The number of carbonyl (C=O) groups excluding carboxylic acids is 2. The SMILES string of the molecule is O=C(Cc1cnc[nH]1)N[C@@H](COCc1ccccc1)C(=O)Cc1ccc(Oc2ccc(F)cc2)cc1. The summed E-state index contributed by atoms with van der Waals surface area (Å²) in [5, 5.41) is 2.79. The number of aromatic amines is 1. The van der Waals surface area contributed by atoms with Crippen LogP contribution in [-0.2, 0) is 33.8 Å². The minimum absolute atomic E-state index is 0.0498. The molecule has 0 aliphatic heterocycles. The second kappa shape index (κ2) is 12.4. The van der Waals surface area contributed by atoms with E-state index in [4.69, 9.17) is 9.47 Å². The van der Waals surface area contributed by atoms with Crippen LogP contribution >= 0.6 is 0 Å². The number of hydrogen-bond donors (Lipinski definition) is 2. The highest BCUT2D eigenvalue weighted by Gasteiger charge is 2.22. The zero-order valence-corrected chi connectivity index (χ0v) is 19.5. The van der Waals surface area contributed by atoms with Crippen molar-refractivity contribution >= 4 is 11.7 Å². The van der Waals surface area contributed by atoms with Gasteiger partial charge in [0, 0.05) is 18.3 Å². The molecule has 8 heteroatoms. The second-order valence-corrected chi connectivity index (χ2v) is 8.22. The molecule has 0 aliphatic rings. The molecule has 0 radical (unpaired) electrons. The Balaban J connectivity index is 1.36. The average molecular weight is 488 g/mol. The van der Waals surface area contributed by atoms with Crippen molar-refractivity contribution in [1.82, 2.24) is 15.3 Å². The van der Waals surface area contributed by atoms with E-state index in [-0.39, 0.29) is 37.0 Å². The fourth-order valence-electron chi connectivity index (χ4n) is 3.52. The Morgan fingerprint density at radius 3 is 2.25 bits per heavy atom. The van der Waals surface area contributed by atoms with E-state index in [2.05, 4.69) is 15.3 Å². The van der Waals surface area contributed by atoms with Crippen LogP contribution in [0.2, 0.25) is 0 Å². The Labute approximate surface area is 208 Å². The van der Waals surface area contributed by atoms with Crippen LogP contribution in [0.25, 0.3) is 0 Å². The molecule has 4 rings (SSSR count). The first kappa shape index (κ1) is 24.8. The van der Waals surface area contributed by atoms with Crippen molar-refractivity contribution in [2.45, 2.75) is 25.5 Å². The maximum absolute atomic E-state index is 13.1. The molecule has 1 atom stereocenters. The van der Waals surface area contributed by atoms with Gasteiger partial charge in [0.25, 0.3) is 0 Å². The summed E-state index contributed by atoms with van der Waals surface area (Å²) in [6.07, 6.45) is 3.26. The van der Waals surface area contributed by atoms with Crippen LogP contribution in [0.3, 0.4) is 0 Å². The smallest absolute Gasteiger partial charge is 0.226 e. The van der Waals surface area contributed by atoms with Gasteiger partial charge in [-0.2, -0.15) is 0 Å². The standard InChI is InChI=1S/C28H26FN3O4/c29-22-8-12-25(13-9-22)36-24-10-6-20(7-11-24)14-27(33)26(18-35-17-21-4-2-1-3-5-21)32-28(34)15-23-16-30-19-31-23/h1-13,16,19,26H,14-15,17-18H2,(H,30,31)(H,32,34)/t26-/m0/s1. The van der Waals surface area contributed by atoms with Gasteiger partial charge in [-0.15, -0.1) is 0 Å². The fraction of sp³-hybridized carbons (Fsp3) is 0.179. The minimum Gasteiger partial charge on any atom is -0.457 e. The summed E-state index contributed by atoms with van der Waals surface area (Å²) in [5.41, 5.74) is 2.40. The summed E-state index contributed by atoms with van der Waals surface area (Å²) >= 11 is 0. The summed E-state index contributed by atoms with van der Waals surface area (Å²) in [7, 11) is 0. The van der Waals surface area contributed by atoms with Gasteiger partial charge < -0.3 is 19.8 Å². The lowest BCUT2D eigenvalue weighted by atomic mass is 10.0. The fourth-order valence-corrected chi connectivity index (χ4v) is 3.52. The quantitative estimate of drug-likeness (QED) is 0.309. The molecule has 0 aliphatic carbocycles. The van der Waals surface area contributed by atoms with E-state index in [1.165, 1.54) is 18.5 Å². The van der Waals surface area contributed by atoms with E-state index in [1.807, 2.05) is 30.3 Å². The summed E-state index contributed by atoms with van der Waals surface area (Å²) in [5.74, 6) is 0.261. The number of Topliss-reactive ketones (excluding diaryl/α,β-unsaturated/α-hetero) is 1. The van der Waals surface area contributed by atoms with Crippen LogP contribution < -0.4 is 10.1 Å². The molecular weight excluding hydrogens is 461 g/mol. The topological polar surface area (TPSA) is 93.3 Å². The van der Waals surface area contributed by atoms with Gasteiger partial charge in [0.05, 0.1) is 26.0 Å². The van der Waals surface area contributed by atoms with Gasteiger partial charge in [0.1, 0.15) is 23.4 Å². The summed E-state index contributed by atoms with van der Waals surface area (Å²) in [6, 6.07) is 21.6. The summed E-state index contributed by atoms with van der Waals surface area (Å²) in [6.45, 7) is 0.380. The number of amides is 1. The number of carbonyl (C=O) groups is 2. The molecule has 36 heavy (non-hydrogen) atoms. The van der Waals surface area contributed by atoms with Crippen molar-refractivity contribution in [1.29, 1.82) is 0 Å². The predicted molar refractivity (Wildman–Crippen MR) is 132 cm³/mol. The summed E-state index contributed by atoms with van der Waals surface area (Å²) < 4.78 is 24.5. The molecule has 4 aromatic rings. The van der Waals surface area contributed by atoms with Crippen LogP contribution in [0.5, 0.6) is 11.5 Å². The van der Waals surface area contributed by atoms with Gasteiger partial charge in [-0.25, -0.2) is 9.37 Å². The highest BCUT2D eigenvalue weighted by molar-refractivity contribution is 5.91. The van der Waals surface area contributed by atoms with E-state index >= 15 is 0 Å². The normalized spacial score (nSPS) is 11.6. The molecule has 0 saturated carbocycles. The first-order valence-electron chi connectivity index (χ1n) is 11.5. The van der Waals surface area contributed by atoms with Gasteiger partial charge >= 0.3 is 0 Å². The monoisotopic (exact) mass is 487 g/mol. The minimum atomic E-state index is -0.806. The number of imidazole rings is 1. The van der Waals surface area contributed by atoms with Crippen molar-refractivity contribution in [3.8, 4) is 11.5 Å². The van der Waals surface area contributed by atoms with Crippen molar-refractivity contribution in [2.75, 3.05) is 6.61 Å². The Morgan fingerprint density at radius 1 is 0.889 bits per heavy atom. The number of halogens is 1. The zero-order valence-electron chi connectivity index (χ0n) is 19.5. The predicted octanol–water partition coefficient (Wildman–Crippen LogP) is 4.40. The maximum Gasteiger partial charge on any atom is 0.226 e. The van der Waals surface area contributed by atoms with Gasteiger partial charge in [0.2, 0.25) is 5.91 Å². The van der Waals surface area contributed by atoms with E-state index in [9.17, 15) is 14.0 Å². The molecule has 0 bridgehead atoms. The molecule has 1 aromatic heterocycles. The molecule has 3 aromatic carbocycles. The van der Waals surface area contributed by atoms with Gasteiger partial charge in [-0.05, 0) is 47.5 Å². The van der Waals surface area contributed by atoms with Crippen molar-refractivity contribution in [3.05, 3.63) is 114 Å². The van der Waals surface area contributed by atoms with Gasteiger partial charge in [-0.1, -0.05) is 42.5 Å². The molecule has 1 amide bonds. The Bertz CT molecular complexity index is 1240. The Kier molecular flexibility index (Phi) is 8.56. The number of aromatic nitrogens is 2. The third-order valence-corrected chi connectivity index (χ3v) is 5.38. The zero-order chi connectivity index (χ0) is 25.2. The van der Waals surface area contributed by atoms with E-state index in [1.54, 1.807) is 42.6 Å². The third-order valence-electron chi connectivity index (χ3n) is 5.38. The molecule has 1 heterocycles. The number of ketones is 1. The number of H-pyrrole nitrogens is 1. The molecule has 184 valence electrons. The lowest BCUT2D eigenvalue weighted by molar-refractivity contribution is -0.128. The number of ether oxygens (including phenoxy) is 2. The number of rotatable bonds is 12. The highest BCUT2D eigenvalue weighted by atomic mass is 19.1. The van der Waals surface area contributed by atoms with Crippen LogP contribution in [0, 0.1) is 5.82 Å². The van der Waals surface area contributed by atoms with E-state index in [0.29, 0.717) is 23.8 Å². The first-order valence-corrected chi connectivity index (χ1v) is 11.5. The number of hydrogen-bond acceptors (Lipinski definition) is 5. The number of nitrogens with one attached hydrogen (secondary N) is 2. The third kappa shape index (κ3) is 7.61. The lowest BCUT2D eigenvalue weighted by Gasteiger charge is -2.18. The van der Waals surface area contributed by atoms with Crippen molar-refractivity contribution in [2.24, 2.45) is 0 Å². The highest BCUT2D eigenvalue weighted by Crippen LogP contribution is 2.22.